The lowest BCUT2D eigenvalue weighted by Gasteiger charge is -2.04. The number of hydrogen-bond donors (Lipinski definition) is 1. The van der Waals surface area contributed by atoms with Gasteiger partial charge in [-0.15, -0.1) is 11.3 Å². The molecule has 1 heterocycles. The van der Waals surface area contributed by atoms with E-state index in [0.717, 1.165) is 21.7 Å². The topological polar surface area (TPSA) is 26.0 Å². The quantitative estimate of drug-likeness (QED) is 0.865. The van der Waals surface area contributed by atoms with Crippen LogP contribution >= 0.6 is 22.9 Å². The third kappa shape index (κ3) is 2.68. The average Bonchev–Trinajstić information content (AvgIpc) is 2.77. The van der Waals surface area contributed by atoms with Crippen molar-refractivity contribution in [2.75, 3.05) is 0 Å². The van der Waals surface area contributed by atoms with Gasteiger partial charge < -0.3 is 5.73 Å². The van der Waals surface area contributed by atoms with Crippen LogP contribution in [-0.2, 0) is 0 Å². The highest BCUT2D eigenvalue weighted by atomic mass is 35.5. The largest absolute Gasteiger partial charge is 0.323 e. The van der Waals surface area contributed by atoms with Gasteiger partial charge in [0, 0.05) is 21.4 Å². The van der Waals surface area contributed by atoms with Crippen LogP contribution in [0.3, 0.4) is 0 Å². The van der Waals surface area contributed by atoms with Gasteiger partial charge in [0.05, 0.1) is 5.02 Å². The standard InChI is InChI=1S/C13H13ClFNS/c1-2-11(16)13-6-5-12(17-13)9-4-3-8(15)7-10(9)14/h3-7,11H,2,16H2,1H3. The van der Waals surface area contributed by atoms with Crippen molar-refractivity contribution in [2.24, 2.45) is 5.73 Å². The Morgan fingerprint density at radius 3 is 2.76 bits per heavy atom. The second-order valence-electron chi connectivity index (χ2n) is 3.84. The van der Waals surface area contributed by atoms with E-state index in [1.807, 2.05) is 12.1 Å². The first-order chi connectivity index (χ1) is 8.11. The highest BCUT2D eigenvalue weighted by molar-refractivity contribution is 7.15. The molecule has 1 unspecified atom stereocenters. The van der Waals surface area contributed by atoms with E-state index in [4.69, 9.17) is 17.3 Å². The van der Waals surface area contributed by atoms with Crippen molar-refractivity contribution in [2.45, 2.75) is 19.4 Å². The van der Waals surface area contributed by atoms with E-state index in [0.29, 0.717) is 5.02 Å². The van der Waals surface area contributed by atoms with Gasteiger partial charge in [-0.1, -0.05) is 18.5 Å². The van der Waals surface area contributed by atoms with Crippen LogP contribution in [0, 0.1) is 5.82 Å². The Balaban J connectivity index is 2.37. The second kappa shape index (κ2) is 5.17. The molecule has 4 heteroatoms. The van der Waals surface area contributed by atoms with E-state index < -0.39 is 0 Å². The Labute approximate surface area is 109 Å². The SMILES string of the molecule is CCC(N)c1ccc(-c2ccc(F)cc2Cl)s1. The van der Waals surface area contributed by atoms with Crippen molar-refractivity contribution >= 4 is 22.9 Å². The molecule has 1 nitrogen and oxygen atoms in total. The minimum absolute atomic E-state index is 0.0629. The lowest BCUT2D eigenvalue weighted by Crippen LogP contribution is -2.05. The Morgan fingerprint density at radius 1 is 1.35 bits per heavy atom. The molecule has 0 spiro atoms. The first kappa shape index (κ1) is 12.6. The number of benzene rings is 1. The number of rotatable bonds is 3. The molecule has 0 fully saturated rings. The third-order valence-electron chi connectivity index (χ3n) is 2.63. The number of nitrogens with two attached hydrogens (primary N) is 1. The van der Waals surface area contributed by atoms with Gasteiger partial charge >= 0.3 is 0 Å². The summed E-state index contributed by atoms with van der Waals surface area (Å²) >= 11 is 7.63. The monoisotopic (exact) mass is 269 g/mol. The van der Waals surface area contributed by atoms with Crippen molar-refractivity contribution in [1.82, 2.24) is 0 Å². The van der Waals surface area contributed by atoms with Gasteiger partial charge in [0.1, 0.15) is 5.82 Å². The van der Waals surface area contributed by atoms with E-state index in [1.165, 1.54) is 12.1 Å². The third-order valence-corrected chi connectivity index (χ3v) is 4.19. The number of thiophene rings is 1. The maximum Gasteiger partial charge on any atom is 0.124 e. The molecule has 0 aliphatic rings. The zero-order valence-corrected chi connectivity index (χ0v) is 11.0. The van der Waals surface area contributed by atoms with Crippen LogP contribution in [-0.4, -0.2) is 0 Å². The molecular formula is C13H13ClFNS. The summed E-state index contributed by atoms with van der Waals surface area (Å²) in [4.78, 5) is 2.15. The fraction of sp³-hybridized carbons (Fsp3) is 0.231. The van der Waals surface area contributed by atoms with Crippen molar-refractivity contribution < 1.29 is 4.39 Å². The summed E-state index contributed by atoms with van der Waals surface area (Å²) in [5.74, 6) is -0.319. The molecule has 1 aromatic heterocycles. The summed E-state index contributed by atoms with van der Waals surface area (Å²) in [6, 6.07) is 8.50. The first-order valence-corrected chi connectivity index (χ1v) is 6.62. The summed E-state index contributed by atoms with van der Waals surface area (Å²) in [5.41, 5.74) is 6.82. The molecule has 0 bridgehead atoms. The number of halogens is 2. The molecule has 1 atom stereocenters. The fourth-order valence-corrected chi connectivity index (χ4v) is 3.04. The Bertz CT molecular complexity index is 524. The van der Waals surface area contributed by atoms with Crippen molar-refractivity contribution in [3.05, 3.63) is 46.0 Å². The zero-order valence-electron chi connectivity index (χ0n) is 9.41. The maximum absolute atomic E-state index is 13.0. The smallest absolute Gasteiger partial charge is 0.124 e. The van der Waals surface area contributed by atoms with Crippen LogP contribution in [0.1, 0.15) is 24.3 Å². The van der Waals surface area contributed by atoms with Crippen molar-refractivity contribution in [3.8, 4) is 10.4 Å². The first-order valence-electron chi connectivity index (χ1n) is 5.42. The summed E-state index contributed by atoms with van der Waals surface area (Å²) in [5, 5.41) is 0.434. The van der Waals surface area contributed by atoms with Crippen molar-refractivity contribution in [1.29, 1.82) is 0 Å². The Hall–Kier alpha value is -0.900. The molecule has 2 aromatic rings. The molecule has 0 aliphatic heterocycles. The Morgan fingerprint density at radius 2 is 2.12 bits per heavy atom. The highest BCUT2D eigenvalue weighted by Crippen LogP contribution is 2.35. The average molecular weight is 270 g/mol. The normalized spacial score (nSPS) is 12.7. The second-order valence-corrected chi connectivity index (χ2v) is 5.36. The molecule has 1 aromatic carbocycles. The summed E-state index contributed by atoms with van der Waals surface area (Å²) in [7, 11) is 0. The summed E-state index contributed by atoms with van der Waals surface area (Å²) in [6.07, 6.45) is 0.900. The molecule has 2 rings (SSSR count). The van der Waals surface area contributed by atoms with Crippen LogP contribution in [0.4, 0.5) is 4.39 Å². The van der Waals surface area contributed by atoms with Crippen LogP contribution in [0.15, 0.2) is 30.3 Å². The van der Waals surface area contributed by atoms with Gasteiger partial charge in [-0.2, -0.15) is 0 Å². The molecule has 0 saturated heterocycles. The van der Waals surface area contributed by atoms with Crippen molar-refractivity contribution in [3.63, 3.8) is 0 Å². The fourth-order valence-electron chi connectivity index (χ4n) is 1.59. The molecule has 0 radical (unpaired) electrons. The van der Waals surface area contributed by atoms with Crippen LogP contribution < -0.4 is 5.73 Å². The minimum Gasteiger partial charge on any atom is -0.323 e. The predicted octanol–water partition coefficient (Wildman–Crippen LogP) is 4.62. The predicted molar refractivity (Wildman–Crippen MR) is 71.9 cm³/mol. The van der Waals surface area contributed by atoms with Gasteiger partial charge in [-0.3, -0.25) is 0 Å². The summed E-state index contributed by atoms with van der Waals surface area (Å²) < 4.78 is 13.0. The molecule has 2 N–H and O–H groups in total. The molecular weight excluding hydrogens is 257 g/mol. The van der Waals surface area contributed by atoms with Gasteiger partial charge in [0.25, 0.3) is 0 Å². The maximum atomic E-state index is 13.0. The van der Waals surface area contributed by atoms with Crippen LogP contribution in [0.5, 0.6) is 0 Å². The van der Waals surface area contributed by atoms with E-state index in [-0.39, 0.29) is 11.9 Å². The number of hydrogen-bond acceptors (Lipinski definition) is 2. The van der Waals surface area contributed by atoms with Gasteiger partial charge in [-0.05, 0) is 36.8 Å². The molecule has 0 aliphatic carbocycles. The lowest BCUT2D eigenvalue weighted by molar-refractivity contribution is 0.628. The van der Waals surface area contributed by atoms with Gasteiger partial charge in [0.2, 0.25) is 0 Å². The summed E-state index contributed by atoms with van der Waals surface area (Å²) in [6.45, 7) is 2.05. The minimum atomic E-state index is -0.319. The Kier molecular flexibility index (Phi) is 3.82. The van der Waals surface area contributed by atoms with Gasteiger partial charge in [-0.25, -0.2) is 4.39 Å². The van der Waals surface area contributed by atoms with E-state index in [1.54, 1.807) is 17.4 Å². The molecule has 0 saturated carbocycles. The molecule has 0 amide bonds. The lowest BCUT2D eigenvalue weighted by atomic mass is 10.1. The zero-order chi connectivity index (χ0) is 12.4. The van der Waals surface area contributed by atoms with Crippen LogP contribution in [0.25, 0.3) is 10.4 Å². The molecule has 17 heavy (non-hydrogen) atoms. The highest BCUT2D eigenvalue weighted by Gasteiger charge is 2.10. The van der Waals surface area contributed by atoms with E-state index >= 15 is 0 Å². The van der Waals surface area contributed by atoms with E-state index in [2.05, 4.69) is 6.92 Å². The van der Waals surface area contributed by atoms with Crippen LogP contribution in [0.2, 0.25) is 5.02 Å². The van der Waals surface area contributed by atoms with E-state index in [9.17, 15) is 4.39 Å². The molecule has 90 valence electrons. The van der Waals surface area contributed by atoms with Gasteiger partial charge in [0.15, 0.2) is 0 Å².